The monoisotopic (exact) mass is 795 g/mol. The molecule has 0 aliphatic rings. The standard InChI is InChI=1S/C49H79NO7/c1-6-8-10-12-14-16-18-19-20-21-22-23-24-25-26-27-28-30-32-34-36-38-40-48(52)57-45(43-55-42-41-46(49(53)54)50(3,4)5)44-56-47(51)39-37-35-33-31-29-17-15-13-11-9-7-2/h8,10,13-17,19-20,22-23,25-26,28-30,45-46H,6-7,9,11-12,18,21,24,27,31-44H2,1-5H3/p+1/b10-8+,15-13+,16-14+,20-19+,23-22+,26-25+,29-17+,30-28+. The molecular weight excluding hydrogens is 715 g/mol. The molecule has 0 aliphatic heterocycles. The second kappa shape index (κ2) is 39.1. The molecule has 57 heavy (non-hydrogen) atoms. The maximum Gasteiger partial charge on any atom is 0.362 e. The number of rotatable bonds is 37. The van der Waals surface area contributed by atoms with E-state index in [4.69, 9.17) is 14.2 Å². The molecule has 322 valence electrons. The van der Waals surface area contributed by atoms with Crippen molar-refractivity contribution in [3.8, 4) is 0 Å². The van der Waals surface area contributed by atoms with Crippen molar-refractivity contribution >= 4 is 17.9 Å². The first-order chi connectivity index (χ1) is 27.6. The molecule has 8 heteroatoms. The molecule has 0 rings (SSSR count). The van der Waals surface area contributed by atoms with Crippen molar-refractivity contribution in [2.24, 2.45) is 0 Å². The Hall–Kier alpha value is -3.75. The van der Waals surface area contributed by atoms with Crippen LogP contribution in [0.25, 0.3) is 0 Å². The first kappa shape index (κ1) is 53.2. The number of unbranched alkanes of at least 4 members (excludes halogenated alkanes) is 8. The number of carboxylic acids is 1. The largest absolute Gasteiger partial charge is 0.477 e. The molecule has 1 N–H and O–H groups in total. The molecule has 0 aromatic rings. The number of quaternary nitrogens is 1. The van der Waals surface area contributed by atoms with E-state index in [-0.39, 0.29) is 42.7 Å². The van der Waals surface area contributed by atoms with Gasteiger partial charge in [-0.15, -0.1) is 0 Å². The molecular formula is C49H80NO7+. The number of hydrogen-bond donors (Lipinski definition) is 1. The van der Waals surface area contributed by atoms with Crippen LogP contribution in [0.5, 0.6) is 0 Å². The summed E-state index contributed by atoms with van der Waals surface area (Å²) in [5.41, 5.74) is 0. The Morgan fingerprint density at radius 1 is 0.561 bits per heavy atom. The average Bonchev–Trinajstić information content (AvgIpc) is 3.17. The van der Waals surface area contributed by atoms with Gasteiger partial charge in [0.2, 0.25) is 0 Å². The molecule has 2 unspecified atom stereocenters. The highest BCUT2D eigenvalue weighted by Crippen LogP contribution is 2.11. The maximum atomic E-state index is 12.7. The second-order valence-corrected chi connectivity index (χ2v) is 15.2. The fourth-order valence-corrected chi connectivity index (χ4v) is 5.60. The predicted molar refractivity (Wildman–Crippen MR) is 238 cm³/mol. The second-order valence-electron chi connectivity index (χ2n) is 15.2. The van der Waals surface area contributed by atoms with Gasteiger partial charge in [-0.05, 0) is 83.5 Å². The van der Waals surface area contributed by atoms with Gasteiger partial charge in [-0.2, -0.15) is 0 Å². The van der Waals surface area contributed by atoms with E-state index >= 15 is 0 Å². The van der Waals surface area contributed by atoms with E-state index in [1.165, 1.54) is 12.8 Å². The molecule has 0 aromatic carbocycles. The smallest absolute Gasteiger partial charge is 0.362 e. The van der Waals surface area contributed by atoms with Gasteiger partial charge in [-0.3, -0.25) is 9.59 Å². The van der Waals surface area contributed by atoms with E-state index in [1.54, 1.807) is 0 Å². The van der Waals surface area contributed by atoms with Gasteiger partial charge >= 0.3 is 17.9 Å². The van der Waals surface area contributed by atoms with Gasteiger partial charge in [0.25, 0.3) is 0 Å². The number of allylic oxidation sites excluding steroid dienone is 16. The Morgan fingerprint density at radius 2 is 1.04 bits per heavy atom. The Labute approximate surface area is 347 Å². The van der Waals surface area contributed by atoms with Crippen LogP contribution in [-0.2, 0) is 28.6 Å². The molecule has 0 bridgehead atoms. The van der Waals surface area contributed by atoms with Crippen LogP contribution in [0.15, 0.2) is 97.2 Å². The number of carboxylic acid groups (broad SMARTS) is 1. The highest BCUT2D eigenvalue weighted by atomic mass is 16.6. The summed E-state index contributed by atoms with van der Waals surface area (Å²) in [5.74, 6) is -1.56. The average molecular weight is 795 g/mol. The van der Waals surface area contributed by atoms with Crippen molar-refractivity contribution in [2.75, 3.05) is 41.0 Å². The number of esters is 2. The minimum Gasteiger partial charge on any atom is -0.477 e. The van der Waals surface area contributed by atoms with Crippen LogP contribution in [0.3, 0.4) is 0 Å². The zero-order chi connectivity index (χ0) is 42.1. The van der Waals surface area contributed by atoms with E-state index in [9.17, 15) is 19.5 Å². The molecule has 0 aliphatic carbocycles. The van der Waals surface area contributed by atoms with Crippen molar-refractivity contribution in [1.29, 1.82) is 0 Å². The lowest BCUT2D eigenvalue weighted by Gasteiger charge is -2.31. The number of ether oxygens (including phenoxy) is 3. The molecule has 0 spiro atoms. The molecule has 0 fully saturated rings. The lowest BCUT2D eigenvalue weighted by Crippen LogP contribution is -2.50. The summed E-state index contributed by atoms with van der Waals surface area (Å²) in [6.07, 6.45) is 51.7. The predicted octanol–water partition coefficient (Wildman–Crippen LogP) is 11.9. The van der Waals surface area contributed by atoms with Gasteiger partial charge in [0.05, 0.1) is 34.4 Å². The van der Waals surface area contributed by atoms with Gasteiger partial charge < -0.3 is 23.8 Å². The number of carbonyl (C=O) groups is 3. The lowest BCUT2D eigenvalue weighted by molar-refractivity contribution is -0.887. The summed E-state index contributed by atoms with van der Waals surface area (Å²) in [6.45, 7) is 4.47. The van der Waals surface area contributed by atoms with Crippen molar-refractivity contribution in [3.05, 3.63) is 97.2 Å². The zero-order valence-electron chi connectivity index (χ0n) is 36.5. The molecule has 0 heterocycles. The zero-order valence-corrected chi connectivity index (χ0v) is 36.5. The third-order valence-electron chi connectivity index (χ3n) is 9.00. The summed E-state index contributed by atoms with van der Waals surface area (Å²) >= 11 is 0. The van der Waals surface area contributed by atoms with Crippen molar-refractivity contribution in [3.63, 3.8) is 0 Å². The number of carbonyl (C=O) groups excluding carboxylic acids is 2. The van der Waals surface area contributed by atoms with E-state index in [0.717, 1.165) is 89.9 Å². The normalized spacial score (nSPS) is 13.9. The first-order valence-electron chi connectivity index (χ1n) is 21.8. The van der Waals surface area contributed by atoms with Crippen LogP contribution >= 0.6 is 0 Å². The third-order valence-corrected chi connectivity index (χ3v) is 9.00. The quantitative estimate of drug-likeness (QED) is 0.0220. The highest BCUT2D eigenvalue weighted by Gasteiger charge is 2.31. The molecule has 8 nitrogen and oxygen atoms in total. The first-order valence-corrected chi connectivity index (χ1v) is 21.8. The van der Waals surface area contributed by atoms with Gasteiger partial charge in [0.15, 0.2) is 12.1 Å². The molecule has 0 radical (unpaired) electrons. The number of aliphatic carboxylic acids is 1. The minimum atomic E-state index is -0.890. The summed E-state index contributed by atoms with van der Waals surface area (Å²) in [6, 6.07) is -0.630. The van der Waals surface area contributed by atoms with E-state index in [0.29, 0.717) is 19.3 Å². The van der Waals surface area contributed by atoms with E-state index < -0.39 is 18.1 Å². The fourth-order valence-electron chi connectivity index (χ4n) is 5.60. The lowest BCUT2D eigenvalue weighted by atomic mass is 10.1. The van der Waals surface area contributed by atoms with Gasteiger partial charge in [-0.1, -0.05) is 137 Å². The van der Waals surface area contributed by atoms with Crippen molar-refractivity contribution < 1.29 is 38.2 Å². The van der Waals surface area contributed by atoms with E-state index in [1.807, 2.05) is 21.1 Å². The van der Waals surface area contributed by atoms with Crippen LogP contribution < -0.4 is 0 Å². The number of likely N-dealkylation sites (N-methyl/N-ethyl adjacent to an activating group) is 1. The van der Waals surface area contributed by atoms with Crippen LogP contribution in [0.2, 0.25) is 0 Å². The third kappa shape index (κ3) is 37.6. The molecule has 2 atom stereocenters. The van der Waals surface area contributed by atoms with Crippen LogP contribution in [0.1, 0.15) is 142 Å². The van der Waals surface area contributed by atoms with Crippen LogP contribution in [0.4, 0.5) is 0 Å². The number of hydrogen-bond acceptors (Lipinski definition) is 6. The van der Waals surface area contributed by atoms with Crippen LogP contribution in [-0.4, -0.2) is 80.6 Å². The maximum absolute atomic E-state index is 12.7. The van der Waals surface area contributed by atoms with Gasteiger partial charge in [-0.25, -0.2) is 4.79 Å². The van der Waals surface area contributed by atoms with Gasteiger partial charge in [0, 0.05) is 19.3 Å². The Morgan fingerprint density at radius 3 is 1.53 bits per heavy atom. The molecule has 0 saturated heterocycles. The molecule has 0 amide bonds. The highest BCUT2D eigenvalue weighted by molar-refractivity contribution is 5.72. The van der Waals surface area contributed by atoms with E-state index in [2.05, 4.69) is 111 Å². The Kier molecular flexibility index (Phi) is 36.5. The Bertz CT molecular complexity index is 1250. The summed E-state index contributed by atoms with van der Waals surface area (Å²) in [4.78, 5) is 36.9. The fraction of sp³-hybridized carbons (Fsp3) is 0.612. The van der Waals surface area contributed by atoms with Crippen molar-refractivity contribution in [1.82, 2.24) is 0 Å². The van der Waals surface area contributed by atoms with Crippen LogP contribution in [0, 0.1) is 0 Å². The van der Waals surface area contributed by atoms with Gasteiger partial charge in [0.1, 0.15) is 6.61 Å². The molecule has 0 saturated carbocycles. The van der Waals surface area contributed by atoms with Crippen molar-refractivity contribution in [2.45, 2.75) is 154 Å². The summed E-state index contributed by atoms with van der Waals surface area (Å²) in [7, 11) is 5.49. The minimum absolute atomic E-state index is 0.0322. The Balaban J connectivity index is 4.44. The topological polar surface area (TPSA) is 99.1 Å². The molecule has 0 aromatic heterocycles. The SMILES string of the molecule is CC/C=C/C/C=C/C/C=C/C/C=C/C/C=C/C/C=C/CCCCCC(=O)OC(COCCC(C(=O)O)[N+](C)(C)C)COC(=O)CCCCC/C=C/C=C/CCCC. The summed E-state index contributed by atoms with van der Waals surface area (Å²) in [5, 5.41) is 9.61. The summed E-state index contributed by atoms with van der Waals surface area (Å²) < 4.78 is 17.2. The number of nitrogens with zero attached hydrogens (tertiary/aromatic N) is 1.